The van der Waals surface area contributed by atoms with E-state index in [0.29, 0.717) is 6.54 Å². The number of aromatic nitrogens is 5. The molecule has 28 heavy (non-hydrogen) atoms. The maximum absolute atomic E-state index is 6.02. The van der Waals surface area contributed by atoms with Crippen molar-refractivity contribution in [2.75, 3.05) is 0 Å². The fourth-order valence-corrected chi connectivity index (χ4v) is 3.25. The van der Waals surface area contributed by atoms with Gasteiger partial charge in [-0.1, -0.05) is 30.3 Å². The van der Waals surface area contributed by atoms with Crippen molar-refractivity contribution < 1.29 is 4.74 Å². The molecule has 0 aliphatic rings. The van der Waals surface area contributed by atoms with Gasteiger partial charge in [-0.15, -0.1) is 0 Å². The molecule has 1 unspecified atom stereocenters. The highest BCUT2D eigenvalue weighted by molar-refractivity contribution is 5.78. The molecule has 6 heteroatoms. The second kappa shape index (κ2) is 8.08. The van der Waals surface area contributed by atoms with Crippen LogP contribution in [0.4, 0.5) is 0 Å². The zero-order valence-electron chi connectivity index (χ0n) is 16.1. The van der Waals surface area contributed by atoms with Gasteiger partial charge in [0.1, 0.15) is 11.9 Å². The maximum Gasteiger partial charge on any atom is 0.138 e. The third-order valence-corrected chi connectivity index (χ3v) is 4.54. The summed E-state index contributed by atoms with van der Waals surface area (Å²) in [5.41, 5.74) is 4.13. The molecule has 0 bridgehead atoms. The molecule has 4 rings (SSSR count). The van der Waals surface area contributed by atoms with Gasteiger partial charge >= 0.3 is 0 Å². The molecule has 1 aromatic carbocycles. The van der Waals surface area contributed by atoms with Crippen molar-refractivity contribution in [3.05, 3.63) is 73.6 Å². The average molecular weight is 373 g/mol. The number of nitrogens with zero attached hydrogens (tertiary/aromatic N) is 5. The Balaban J connectivity index is 1.68. The van der Waals surface area contributed by atoms with E-state index in [4.69, 9.17) is 9.72 Å². The van der Waals surface area contributed by atoms with E-state index in [2.05, 4.69) is 46.8 Å². The van der Waals surface area contributed by atoms with Gasteiger partial charge in [0.05, 0.1) is 36.7 Å². The minimum absolute atomic E-state index is 0.0398. The Labute approximate surface area is 164 Å². The summed E-state index contributed by atoms with van der Waals surface area (Å²) in [7, 11) is 0. The summed E-state index contributed by atoms with van der Waals surface area (Å²) < 4.78 is 10.1. The van der Waals surface area contributed by atoms with E-state index >= 15 is 0 Å². The Bertz CT molecular complexity index is 1020. The molecule has 0 N–H and O–H groups in total. The number of benzene rings is 1. The van der Waals surface area contributed by atoms with Gasteiger partial charge in [-0.2, -0.15) is 5.10 Å². The molecular weight excluding hydrogens is 350 g/mol. The second-order valence-corrected chi connectivity index (χ2v) is 6.66. The smallest absolute Gasteiger partial charge is 0.138 e. The highest BCUT2D eigenvalue weighted by Crippen LogP contribution is 2.31. The first-order chi connectivity index (χ1) is 13.7. The lowest BCUT2D eigenvalue weighted by atomic mass is 10.1. The number of hydrogen-bond acceptors (Lipinski definition) is 4. The van der Waals surface area contributed by atoms with Crippen molar-refractivity contribution in [2.24, 2.45) is 0 Å². The number of pyridine rings is 1. The number of imidazole rings is 1. The quantitative estimate of drug-likeness (QED) is 0.485. The standard InChI is InChI=1S/C22H23N5O/c1-3-27-15-19(12-25-27)22-21(18-8-5-4-6-9-18)24-16-26(22)14-17(2)28-20-10-7-11-23-13-20/h4-13,15-17H,3,14H2,1-2H3. The Morgan fingerprint density at radius 1 is 1.04 bits per heavy atom. The predicted molar refractivity (Wildman–Crippen MR) is 109 cm³/mol. The third kappa shape index (κ3) is 3.81. The van der Waals surface area contributed by atoms with Crippen molar-refractivity contribution >= 4 is 0 Å². The molecule has 142 valence electrons. The summed E-state index contributed by atoms with van der Waals surface area (Å²) in [5.74, 6) is 0.763. The topological polar surface area (TPSA) is 57.8 Å². The zero-order valence-corrected chi connectivity index (χ0v) is 16.1. The van der Waals surface area contributed by atoms with Crippen LogP contribution in [0.1, 0.15) is 13.8 Å². The number of ether oxygens (including phenoxy) is 1. The van der Waals surface area contributed by atoms with Gasteiger partial charge < -0.3 is 9.30 Å². The van der Waals surface area contributed by atoms with Crippen molar-refractivity contribution in [3.63, 3.8) is 0 Å². The number of rotatable bonds is 7. The summed E-state index contributed by atoms with van der Waals surface area (Å²) >= 11 is 0. The van der Waals surface area contributed by atoms with Crippen LogP contribution in [0.3, 0.4) is 0 Å². The van der Waals surface area contributed by atoms with Gasteiger partial charge in [0.15, 0.2) is 0 Å². The first-order valence-corrected chi connectivity index (χ1v) is 9.44. The van der Waals surface area contributed by atoms with E-state index in [-0.39, 0.29) is 6.10 Å². The van der Waals surface area contributed by atoms with Crippen LogP contribution in [0.25, 0.3) is 22.5 Å². The monoisotopic (exact) mass is 373 g/mol. The van der Waals surface area contributed by atoms with Crippen molar-refractivity contribution in [2.45, 2.75) is 33.0 Å². The third-order valence-electron chi connectivity index (χ3n) is 4.54. The summed E-state index contributed by atoms with van der Waals surface area (Å²) in [6.45, 7) is 5.63. The molecule has 3 heterocycles. The van der Waals surface area contributed by atoms with Crippen molar-refractivity contribution in [1.29, 1.82) is 0 Å². The Morgan fingerprint density at radius 2 is 1.89 bits per heavy atom. The molecule has 0 saturated heterocycles. The fraction of sp³-hybridized carbons (Fsp3) is 0.227. The second-order valence-electron chi connectivity index (χ2n) is 6.66. The number of hydrogen-bond donors (Lipinski definition) is 0. The SMILES string of the molecule is CCn1cc(-c2c(-c3ccccc3)ncn2CC(C)Oc2cccnc2)cn1. The Morgan fingerprint density at radius 3 is 2.61 bits per heavy atom. The first kappa shape index (κ1) is 18.0. The summed E-state index contributed by atoms with van der Waals surface area (Å²) in [6, 6.07) is 14.0. The largest absolute Gasteiger partial charge is 0.487 e. The summed E-state index contributed by atoms with van der Waals surface area (Å²) in [6.07, 6.45) is 9.27. The zero-order chi connectivity index (χ0) is 19.3. The lowest BCUT2D eigenvalue weighted by Crippen LogP contribution is -2.19. The highest BCUT2D eigenvalue weighted by atomic mass is 16.5. The lowest BCUT2D eigenvalue weighted by molar-refractivity contribution is 0.199. The van der Waals surface area contributed by atoms with Crippen molar-refractivity contribution in [1.82, 2.24) is 24.3 Å². The van der Waals surface area contributed by atoms with Crippen LogP contribution in [0.15, 0.2) is 73.6 Å². The van der Waals surface area contributed by atoms with Crippen LogP contribution in [0.2, 0.25) is 0 Å². The van der Waals surface area contributed by atoms with Crippen LogP contribution >= 0.6 is 0 Å². The van der Waals surface area contributed by atoms with Gasteiger partial charge in [-0.25, -0.2) is 4.98 Å². The van der Waals surface area contributed by atoms with Gasteiger partial charge in [-0.3, -0.25) is 9.67 Å². The molecule has 4 aromatic rings. The molecule has 3 aromatic heterocycles. The Kier molecular flexibility index (Phi) is 5.19. The molecule has 0 amide bonds. The average Bonchev–Trinajstić information content (AvgIpc) is 3.36. The fourth-order valence-electron chi connectivity index (χ4n) is 3.25. The van der Waals surface area contributed by atoms with Gasteiger partial charge in [0.2, 0.25) is 0 Å². The molecule has 1 atom stereocenters. The molecule has 0 aliphatic heterocycles. The Hall–Kier alpha value is -3.41. The van der Waals surface area contributed by atoms with Crippen LogP contribution in [0.5, 0.6) is 5.75 Å². The maximum atomic E-state index is 6.02. The molecule has 0 aliphatic carbocycles. The lowest BCUT2D eigenvalue weighted by Gasteiger charge is -2.17. The summed E-state index contributed by atoms with van der Waals surface area (Å²) in [4.78, 5) is 8.83. The van der Waals surface area contributed by atoms with Crippen molar-refractivity contribution in [3.8, 4) is 28.3 Å². The van der Waals surface area contributed by atoms with E-state index in [0.717, 1.165) is 34.8 Å². The van der Waals surface area contributed by atoms with Crippen LogP contribution in [-0.4, -0.2) is 30.4 Å². The van der Waals surface area contributed by atoms with E-state index < -0.39 is 0 Å². The minimum Gasteiger partial charge on any atom is -0.487 e. The predicted octanol–water partition coefficient (Wildman–Crippen LogP) is 4.30. The van der Waals surface area contributed by atoms with E-state index in [9.17, 15) is 0 Å². The van der Waals surface area contributed by atoms with E-state index in [1.807, 2.05) is 47.5 Å². The molecule has 0 saturated carbocycles. The van der Waals surface area contributed by atoms with E-state index in [1.165, 1.54) is 0 Å². The van der Waals surface area contributed by atoms with Crippen LogP contribution in [0, 0.1) is 0 Å². The van der Waals surface area contributed by atoms with Gasteiger partial charge in [-0.05, 0) is 26.0 Å². The molecule has 0 fully saturated rings. The molecule has 6 nitrogen and oxygen atoms in total. The highest BCUT2D eigenvalue weighted by Gasteiger charge is 2.18. The normalized spacial score (nSPS) is 12.1. The van der Waals surface area contributed by atoms with Gasteiger partial charge in [0.25, 0.3) is 0 Å². The van der Waals surface area contributed by atoms with Crippen LogP contribution in [-0.2, 0) is 13.1 Å². The van der Waals surface area contributed by atoms with E-state index in [1.54, 1.807) is 12.4 Å². The summed E-state index contributed by atoms with van der Waals surface area (Å²) in [5, 5.41) is 4.45. The van der Waals surface area contributed by atoms with Crippen LogP contribution < -0.4 is 4.74 Å². The number of aryl methyl sites for hydroxylation is 1. The minimum atomic E-state index is -0.0398. The van der Waals surface area contributed by atoms with Gasteiger partial charge in [0, 0.05) is 30.1 Å². The molecular formula is C22H23N5O. The first-order valence-electron chi connectivity index (χ1n) is 9.44. The molecule has 0 spiro atoms. The molecule has 0 radical (unpaired) electrons.